The van der Waals surface area contributed by atoms with Gasteiger partial charge in [0.15, 0.2) is 5.78 Å². The van der Waals surface area contributed by atoms with Crippen molar-refractivity contribution in [3.63, 3.8) is 0 Å². The van der Waals surface area contributed by atoms with Crippen molar-refractivity contribution in [2.45, 2.75) is 32.6 Å². The van der Waals surface area contributed by atoms with E-state index in [2.05, 4.69) is 25.2 Å². The molecule has 1 unspecified atom stereocenters. The summed E-state index contributed by atoms with van der Waals surface area (Å²) in [6, 6.07) is 9.44. The maximum absolute atomic E-state index is 12.8. The summed E-state index contributed by atoms with van der Waals surface area (Å²) in [5.74, 6) is -0.135. The summed E-state index contributed by atoms with van der Waals surface area (Å²) < 4.78 is 0. The zero-order valence-electron chi connectivity index (χ0n) is 13.1. The number of nitrogens with two attached hydrogens (primary N) is 1. The van der Waals surface area contributed by atoms with Crippen LogP contribution in [0.1, 0.15) is 38.2 Å². The predicted molar refractivity (Wildman–Crippen MR) is 89.2 cm³/mol. The summed E-state index contributed by atoms with van der Waals surface area (Å²) >= 11 is 6.34. The molecule has 2 aliphatic rings. The number of halogens is 1. The molecule has 1 aliphatic heterocycles. The van der Waals surface area contributed by atoms with E-state index in [0.29, 0.717) is 34.8 Å². The van der Waals surface area contributed by atoms with Gasteiger partial charge >= 0.3 is 0 Å². The van der Waals surface area contributed by atoms with Gasteiger partial charge in [-0.3, -0.25) is 4.79 Å². The predicted octanol–water partition coefficient (Wildman–Crippen LogP) is 3.36. The maximum Gasteiger partial charge on any atom is 0.162 e. The molecule has 0 aromatic heterocycles. The number of allylic oxidation sites excluding steroid dienone is 3. The van der Waals surface area contributed by atoms with Crippen molar-refractivity contribution in [3.05, 3.63) is 57.5 Å². The minimum atomic E-state index is -0.492. The second-order valence-electron chi connectivity index (χ2n) is 6.85. The van der Waals surface area contributed by atoms with E-state index in [1.165, 1.54) is 0 Å². The third-order valence-electron chi connectivity index (χ3n) is 4.41. The highest BCUT2D eigenvalue weighted by molar-refractivity contribution is 6.31. The lowest BCUT2D eigenvalue weighted by molar-refractivity contribution is -0.118. The molecular formula is C18H18ClN3O. The molecule has 3 N–H and O–H groups in total. The highest BCUT2D eigenvalue weighted by Gasteiger charge is 2.41. The Kier molecular flexibility index (Phi) is 3.69. The maximum atomic E-state index is 12.8. The van der Waals surface area contributed by atoms with Crippen LogP contribution in [0.15, 0.2) is 46.9 Å². The lowest BCUT2D eigenvalue weighted by Gasteiger charge is -2.38. The summed E-state index contributed by atoms with van der Waals surface area (Å²) in [6.45, 7) is 4.11. The summed E-state index contributed by atoms with van der Waals surface area (Å²) in [7, 11) is 0. The molecule has 4 nitrogen and oxygen atoms in total. The molecule has 1 aliphatic carbocycles. The summed E-state index contributed by atoms with van der Waals surface area (Å²) in [5, 5.41) is 13.2. The van der Waals surface area contributed by atoms with Crippen molar-refractivity contribution in [2.24, 2.45) is 11.1 Å². The van der Waals surface area contributed by atoms with Gasteiger partial charge in [0, 0.05) is 22.7 Å². The molecule has 0 amide bonds. The van der Waals surface area contributed by atoms with E-state index >= 15 is 0 Å². The Morgan fingerprint density at radius 3 is 2.70 bits per heavy atom. The van der Waals surface area contributed by atoms with Gasteiger partial charge in [-0.05, 0) is 23.5 Å². The molecule has 1 aromatic carbocycles. The van der Waals surface area contributed by atoms with Gasteiger partial charge in [-0.25, -0.2) is 0 Å². The van der Waals surface area contributed by atoms with Crippen molar-refractivity contribution < 1.29 is 4.79 Å². The zero-order chi connectivity index (χ0) is 16.8. The van der Waals surface area contributed by atoms with Crippen LogP contribution < -0.4 is 11.1 Å². The number of nitrogens with one attached hydrogen (secondary N) is 1. The first kappa shape index (κ1) is 15.6. The third kappa shape index (κ3) is 2.62. The number of hydrogen-bond acceptors (Lipinski definition) is 4. The molecule has 0 saturated carbocycles. The number of carbonyl (C=O) groups is 1. The average molecular weight is 328 g/mol. The minimum absolute atomic E-state index is 0.0499. The van der Waals surface area contributed by atoms with Crippen molar-refractivity contribution in [3.8, 4) is 6.07 Å². The topological polar surface area (TPSA) is 78.9 Å². The van der Waals surface area contributed by atoms with Crippen LogP contribution in [0.2, 0.25) is 5.02 Å². The summed E-state index contributed by atoms with van der Waals surface area (Å²) in [5.41, 5.74) is 8.48. The van der Waals surface area contributed by atoms with E-state index in [-0.39, 0.29) is 11.2 Å². The van der Waals surface area contributed by atoms with Crippen LogP contribution in [0, 0.1) is 16.7 Å². The lowest BCUT2D eigenvalue weighted by Crippen LogP contribution is -2.39. The summed E-state index contributed by atoms with van der Waals surface area (Å²) in [6.07, 6.45) is 1.17. The molecule has 1 aromatic rings. The number of ketones is 1. The smallest absolute Gasteiger partial charge is 0.162 e. The van der Waals surface area contributed by atoms with E-state index in [1.807, 2.05) is 18.2 Å². The Morgan fingerprint density at radius 1 is 1.35 bits per heavy atom. The number of Topliss-reactive ketones (excluding diaryl/α,β-unsaturated/α-hetero) is 1. The normalized spacial score (nSPS) is 23.2. The van der Waals surface area contributed by atoms with Crippen LogP contribution in [0.5, 0.6) is 0 Å². The Hall–Kier alpha value is -2.25. The Balaban J connectivity index is 2.22. The Bertz CT molecular complexity index is 799. The highest BCUT2D eigenvalue weighted by atomic mass is 35.5. The first-order valence-corrected chi connectivity index (χ1v) is 7.89. The largest absolute Gasteiger partial charge is 0.384 e. The number of dihydropyridines is 1. The van der Waals surface area contributed by atoms with Crippen LogP contribution in [0.4, 0.5) is 0 Å². The quantitative estimate of drug-likeness (QED) is 0.829. The highest BCUT2D eigenvalue weighted by Crippen LogP contribution is 2.46. The number of nitriles is 1. The van der Waals surface area contributed by atoms with Crippen LogP contribution in [0.25, 0.3) is 0 Å². The number of benzene rings is 1. The molecular weight excluding hydrogens is 310 g/mol. The van der Waals surface area contributed by atoms with Gasteiger partial charge < -0.3 is 11.1 Å². The van der Waals surface area contributed by atoms with E-state index < -0.39 is 5.92 Å². The van der Waals surface area contributed by atoms with E-state index in [1.54, 1.807) is 6.07 Å². The average Bonchev–Trinajstić information content (AvgIpc) is 2.45. The molecule has 1 atom stereocenters. The molecule has 23 heavy (non-hydrogen) atoms. The van der Waals surface area contributed by atoms with Crippen LogP contribution in [-0.4, -0.2) is 5.78 Å². The molecule has 0 saturated heterocycles. The zero-order valence-corrected chi connectivity index (χ0v) is 13.9. The summed E-state index contributed by atoms with van der Waals surface area (Å²) in [4.78, 5) is 12.8. The van der Waals surface area contributed by atoms with Gasteiger partial charge in [-0.2, -0.15) is 5.26 Å². The van der Waals surface area contributed by atoms with Crippen LogP contribution in [0.3, 0.4) is 0 Å². The van der Waals surface area contributed by atoms with Crippen molar-refractivity contribution in [2.75, 3.05) is 0 Å². The van der Waals surface area contributed by atoms with Gasteiger partial charge in [0.2, 0.25) is 0 Å². The third-order valence-corrected chi connectivity index (χ3v) is 4.75. The molecule has 0 radical (unpaired) electrons. The molecule has 1 heterocycles. The fourth-order valence-electron chi connectivity index (χ4n) is 3.46. The fourth-order valence-corrected chi connectivity index (χ4v) is 3.70. The number of hydrogen-bond donors (Lipinski definition) is 2. The molecule has 3 rings (SSSR count). The van der Waals surface area contributed by atoms with Gasteiger partial charge in [0.25, 0.3) is 0 Å². The lowest BCUT2D eigenvalue weighted by atomic mass is 9.69. The molecule has 5 heteroatoms. The molecule has 0 fully saturated rings. The monoisotopic (exact) mass is 327 g/mol. The second kappa shape index (κ2) is 5.43. The van der Waals surface area contributed by atoms with Crippen molar-refractivity contribution in [1.29, 1.82) is 5.26 Å². The first-order valence-electron chi connectivity index (χ1n) is 7.51. The van der Waals surface area contributed by atoms with Crippen LogP contribution >= 0.6 is 11.6 Å². The number of nitrogens with zero attached hydrogens (tertiary/aromatic N) is 1. The van der Waals surface area contributed by atoms with Gasteiger partial charge in [0.05, 0.1) is 17.6 Å². The Morgan fingerprint density at radius 2 is 2.04 bits per heavy atom. The Labute approximate surface area is 140 Å². The molecule has 0 spiro atoms. The standard InChI is InChI=1S/C18H18ClN3O/c1-18(2)7-13-16(14(23)8-18)15(11(9-20)17(21)22-13)10-5-3-4-6-12(10)19/h3-6,15,22H,7-8,21H2,1-2H3. The van der Waals surface area contributed by atoms with E-state index in [4.69, 9.17) is 17.3 Å². The second-order valence-corrected chi connectivity index (χ2v) is 7.26. The fraction of sp³-hybridized carbons (Fsp3) is 0.333. The number of carbonyl (C=O) groups excluding carboxylic acids is 1. The number of rotatable bonds is 1. The SMILES string of the molecule is CC1(C)CC(=O)C2=C(C1)NC(N)=C(C#N)C2c1ccccc1Cl. The van der Waals surface area contributed by atoms with Crippen molar-refractivity contribution in [1.82, 2.24) is 5.32 Å². The van der Waals surface area contributed by atoms with Crippen LogP contribution in [-0.2, 0) is 4.79 Å². The minimum Gasteiger partial charge on any atom is -0.384 e. The first-order chi connectivity index (χ1) is 10.8. The molecule has 0 bridgehead atoms. The van der Waals surface area contributed by atoms with E-state index in [9.17, 15) is 10.1 Å². The van der Waals surface area contributed by atoms with E-state index in [0.717, 1.165) is 11.3 Å². The van der Waals surface area contributed by atoms with Gasteiger partial charge in [-0.1, -0.05) is 43.6 Å². The van der Waals surface area contributed by atoms with Gasteiger partial charge in [0.1, 0.15) is 5.82 Å². The van der Waals surface area contributed by atoms with Crippen molar-refractivity contribution >= 4 is 17.4 Å². The van der Waals surface area contributed by atoms with Gasteiger partial charge in [-0.15, -0.1) is 0 Å². The molecule has 118 valence electrons.